The van der Waals surface area contributed by atoms with Crippen molar-refractivity contribution in [2.75, 3.05) is 13.7 Å². The monoisotopic (exact) mass is 443 g/mol. The van der Waals surface area contributed by atoms with Gasteiger partial charge in [-0.25, -0.2) is 4.99 Å². The Labute approximate surface area is 160 Å². The van der Waals surface area contributed by atoms with Crippen LogP contribution in [-0.4, -0.2) is 29.4 Å². The summed E-state index contributed by atoms with van der Waals surface area (Å²) in [4.78, 5) is 4.64. The van der Waals surface area contributed by atoms with Crippen LogP contribution in [0, 0.1) is 6.92 Å². The van der Waals surface area contributed by atoms with Crippen LogP contribution in [0.5, 0.6) is 5.75 Å². The van der Waals surface area contributed by atoms with Gasteiger partial charge < -0.3 is 15.4 Å². The molecule has 0 saturated carbocycles. The van der Waals surface area contributed by atoms with Gasteiger partial charge in [0.15, 0.2) is 5.96 Å². The van der Waals surface area contributed by atoms with Crippen LogP contribution in [-0.2, 0) is 20.1 Å². The van der Waals surface area contributed by atoms with Gasteiger partial charge in [0.05, 0.1) is 25.9 Å². The van der Waals surface area contributed by atoms with Crippen molar-refractivity contribution in [2.45, 2.75) is 26.9 Å². The van der Waals surface area contributed by atoms with Crippen LogP contribution in [0.4, 0.5) is 0 Å². The van der Waals surface area contributed by atoms with E-state index in [2.05, 4.69) is 39.8 Å². The zero-order valence-corrected chi connectivity index (χ0v) is 17.0. The summed E-state index contributed by atoms with van der Waals surface area (Å²) >= 11 is 0. The molecule has 1 heterocycles. The topological polar surface area (TPSA) is 63.5 Å². The molecule has 0 aliphatic heterocycles. The first-order chi connectivity index (χ1) is 11.1. The Morgan fingerprint density at radius 3 is 2.71 bits per heavy atom. The Morgan fingerprint density at radius 1 is 1.29 bits per heavy atom. The number of nitrogens with zero attached hydrogens (tertiary/aromatic N) is 3. The molecular formula is C17H26IN5O. The number of aromatic nitrogens is 2. The molecule has 2 rings (SSSR count). The normalized spacial score (nSPS) is 10.9. The van der Waals surface area contributed by atoms with Gasteiger partial charge in [-0.15, -0.1) is 24.0 Å². The fourth-order valence-electron chi connectivity index (χ4n) is 2.24. The molecule has 0 spiro atoms. The van der Waals surface area contributed by atoms with E-state index in [-0.39, 0.29) is 24.0 Å². The van der Waals surface area contributed by atoms with Gasteiger partial charge >= 0.3 is 0 Å². The lowest BCUT2D eigenvalue weighted by Gasteiger charge is -2.12. The van der Waals surface area contributed by atoms with Crippen molar-refractivity contribution < 1.29 is 4.74 Å². The van der Waals surface area contributed by atoms with Crippen molar-refractivity contribution in [3.63, 3.8) is 0 Å². The zero-order chi connectivity index (χ0) is 16.7. The third-order valence-electron chi connectivity index (χ3n) is 3.55. The third kappa shape index (κ3) is 5.70. The molecular weight excluding hydrogens is 417 g/mol. The van der Waals surface area contributed by atoms with E-state index in [1.165, 1.54) is 5.56 Å². The van der Waals surface area contributed by atoms with E-state index in [0.29, 0.717) is 13.1 Å². The second-order valence-corrected chi connectivity index (χ2v) is 5.31. The zero-order valence-electron chi connectivity index (χ0n) is 14.7. The van der Waals surface area contributed by atoms with E-state index < -0.39 is 0 Å². The highest BCUT2D eigenvalue weighted by Gasteiger charge is 2.05. The molecule has 0 fully saturated rings. The number of aliphatic imine (C=N–C) groups is 1. The van der Waals surface area contributed by atoms with Crippen molar-refractivity contribution in [2.24, 2.45) is 12.0 Å². The summed E-state index contributed by atoms with van der Waals surface area (Å²) in [6.45, 7) is 6.14. The molecule has 0 bridgehead atoms. The molecule has 0 aliphatic carbocycles. The van der Waals surface area contributed by atoms with Gasteiger partial charge in [0.2, 0.25) is 0 Å². The van der Waals surface area contributed by atoms with Gasteiger partial charge in [-0.3, -0.25) is 4.68 Å². The van der Waals surface area contributed by atoms with Crippen molar-refractivity contribution in [1.29, 1.82) is 0 Å². The van der Waals surface area contributed by atoms with E-state index in [1.807, 2.05) is 30.8 Å². The molecule has 1 aromatic carbocycles. The average molecular weight is 443 g/mol. The summed E-state index contributed by atoms with van der Waals surface area (Å²) in [6.07, 6.45) is 1.79. The van der Waals surface area contributed by atoms with Crippen LogP contribution in [0.3, 0.4) is 0 Å². The number of halogens is 1. The van der Waals surface area contributed by atoms with Gasteiger partial charge in [0.25, 0.3) is 0 Å². The summed E-state index contributed by atoms with van der Waals surface area (Å²) in [5, 5.41) is 10.7. The number of aryl methyl sites for hydroxylation is 2. The van der Waals surface area contributed by atoms with E-state index in [4.69, 9.17) is 4.74 Å². The summed E-state index contributed by atoms with van der Waals surface area (Å²) in [5.41, 5.74) is 3.34. The maximum absolute atomic E-state index is 5.43. The lowest BCUT2D eigenvalue weighted by atomic mass is 10.1. The average Bonchev–Trinajstić information content (AvgIpc) is 2.96. The molecule has 0 atom stereocenters. The summed E-state index contributed by atoms with van der Waals surface area (Å²) in [7, 11) is 3.62. The van der Waals surface area contributed by atoms with Gasteiger partial charge in [0.1, 0.15) is 5.75 Å². The smallest absolute Gasteiger partial charge is 0.191 e. The fourth-order valence-corrected chi connectivity index (χ4v) is 2.24. The van der Waals surface area contributed by atoms with Gasteiger partial charge in [0, 0.05) is 25.4 Å². The highest BCUT2D eigenvalue weighted by molar-refractivity contribution is 14.0. The first-order valence-electron chi connectivity index (χ1n) is 7.76. The molecule has 2 N–H and O–H groups in total. The fraction of sp³-hybridized carbons (Fsp3) is 0.412. The third-order valence-corrected chi connectivity index (χ3v) is 3.55. The van der Waals surface area contributed by atoms with Crippen molar-refractivity contribution in [1.82, 2.24) is 20.4 Å². The van der Waals surface area contributed by atoms with Crippen LogP contribution >= 0.6 is 24.0 Å². The Balaban J connectivity index is 0.00000288. The number of guanidine groups is 1. The number of hydrogen-bond acceptors (Lipinski definition) is 3. The molecule has 6 nitrogen and oxygen atoms in total. The van der Waals surface area contributed by atoms with Crippen LogP contribution in [0.25, 0.3) is 0 Å². The number of methoxy groups -OCH3 is 1. The predicted octanol–water partition coefficient (Wildman–Crippen LogP) is 2.61. The van der Waals surface area contributed by atoms with Gasteiger partial charge in [-0.1, -0.05) is 12.1 Å². The Hall–Kier alpha value is -1.77. The summed E-state index contributed by atoms with van der Waals surface area (Å²) in [6, 6.07) is 8.14. The van der Waals surface area contributed by atoms with Crippen molar-refractivity contribution >= 4 is 29.9 Å². The Kier molecular flexibility index (Phi) is 8.59. The minimum Gasteiger partial charge on any atom is -0.496 e. The Bertz CT molecular complexity index is 669. The second-order valence-electron chi connectivity index (χ2n) is 5.31. The lowest BCUT2D eigenvalue weighted by molar-refractivity contribution is 0.409. The molecule has 0 unspecified atom stereocenters. The molecule has 0 radical (unpaired) electrons. The largest absolute Gasteiger partial charge is 0.496 e. The van der Waals surface area contributed by atoms with Crippen LogP contribution in [0.1, 0.15) is 23.7 Å². The highest BCUT2D eigenvalue weighted by Crippen LogP contribution is 2.20. The van der Waals surface area contributed by atoms with Crippen molar-refractivity contribution in [3.8, 4) is 5.75 Å². The number of nitrogens with one attached hydrogen (secondary N) is 2. The second kappa shape index (κ2) is 10.2. The molecule has 0 aliphatic rings. The minimum atomic E-state index is 0. The molecule has 132 valence electrons. The lowest BCUT2D eigenvalue weighted by Crippen LogP contribution is -2.37. The van der Waals surface area contributed by atoms with E-state index in [0.717, 1.165) is 29.5 Å². The molecule has 1 aromatic heterocycles. The standard InChI is InChI=1S/C17H25N5O.HI/c1-5-18-17(20-12-15-8-9-21-22(15)3)19-11-14-7-6-13(2)10-16(14)23-4;/h6-10H,5,11-12H2,1-4H3,(H2,18,19,20);1H. The minimum absolute atomic E-state index is 0. The number of benzene rings is 1. The molecule has 24 heavy (non-hydrogen) atoms. The molecule has 7 heteroatoms. The molecule has 2 aromatic rings. The van der Waals surface area contributed by atoms with E-state index in [1.54, 1.807) is 13.3 Å². The maximum Gasteiger partial charge on any atom is 0.191 e. The summed E-state index contributed by atoms with van der Waals surface area (Å²) < 4.78 is 7.28. The summed E-state index contributed by atoms with van der Waals surface area (Å²) in [5.74, 6) is 1.65. The first-order valence-corrected chi connectivity index (χ1v) is 7.76. The first kappa shape index (κ1) is 20.3. The van der Waals surface area contributed by atoms with Gasteiger partial charge in [-0.05, 0) is 31.5 Å². The van der Waals surface area contributed by atoms with E-state index >= 15 is 0 Å². The SMILES string of the molecule is CCNC(=NCc1ccc(C)cc1OC)NCc1ccnn1C.I. The molecule has 0 saturated heterocycles. The molecule has 0 amide bonds. The quantitative estimate of drug-likeness (QED) is 0.410. The highest BCUT2D eigenvalue weighted by atomic mass is 127. The number of ether oxygens (including phenoxy) is 1. The predicted molar refractivity (Wildman–Crippen MR) is 108 cm³/mol. The van der Waals surface area contributed by atoms with Crippen LogP contribution in [0.2, 0.25) is 0 Å². The number of hydrogen-bond donors (Lipinski definition) is 2. The number of rotatable bonds is 6. The van der Waals surface area contributed by atoms with Crippen LogP contribution < -0.4 is 15.4 Å². The van der Waals surface area contributed by atoms with Crippen LogP contribution in [0.15, 0.2) is 35.5 Å². The Morgan fingerprint density at radius 2 is 2.08 bits per heavy atom. The van der Waals surface area contributed by atoms with E-state index in [9.17, 15) is 0 Å². The van der Waals surface area contributed by atoms with Gasteiger partial charge in [-0.2, -0.15) is 5.10 Å². The van der Waals surface area contributed by atoms with Crippen molar-refractivity contribution in [3.05, 3.63) is 47.3 Å². The maximum atomic E-state index is 5.43.